The van der Waals surface area contributed by atoms with Crippen LogP contribution in [-0.4, -0.2) is 15.7 Å². The van der Waals surface area contributed by atoms with Gasteiger partial charge in [0, 0.05) is 18.7 Å². The molecule has 0 spiro atoms. The Morgan fingerprint density at radius 2 is 2.09 bits per heavy atom. The van der Waals surface area contributed by atoms with Crippen LogP contribution in [-0.2, 0) is 18.4 Å². The fraction of sp³-hybridized carbons (Fsp3) is 0.444. The molecular formula is C18H23N3O. The Balaban J connectivity index is 1.62. The summed E-state index contributed by atoms with van der Waals surface area (Å²) >= 11 is 0. The van der Waals surface area contributed by atoms with Gasteiger partial charge in [-0.25, -0.2) is 0 Å². The van der Waals surface area contributed by atoms with Gasteiger partial charge in [-0.1, -0.05) is 37.3 Å². The summed E-state index contributed by atoms with van der Waals surface area (Å²) < 4.78 is 1.95. The summed E-state index contributed by atoms with van der Waals surface area (Å²) in [7, 11) is 1.98. The van der Waals surface area contributed by atoms with E-state index in [0.717, 1.165) is 17.7 Å². The Labute approximate surface area is 131 Å². The number of hydrogen-bond donors (Lipinski definition) is 1. The standard InChI is InChI=1S/C18H23N3O/c1-3-16(13-7-5-4-6-8-13)18(22)19-12-15-11-17(14-9-10-14)21(2)20-15/h4-8,11,14,16H,3,9-10,12H2,1-2H3,(H,19,22)/t16-/m0/s1. The molecule has 2 aromatic rings. The summed E-state index contributed by atoms with van der Waals surface area (Å²) in [5.41, 5.74) is 3.31. The molecule has 1 aromatic carbocycles. The molecule has 0 aliphatic heterocycles. The van der Waals surface area contributed by atoms with Crippen molar-refractivity contribution in [1.82, 2.24) is 15.1 Å². The van der Waals surface area contributed by atoms with E-state index in [2.05, 4.69) is 16.5 Å². The molecule has 116 valence electrons. The third-order valence-corrected chi connectivity index (χ3v) is 4.33. The van der Waals surface area contributed by atoms with Gasteiger partial charge in [0.25, 0.3) is 0 Å². The number of aromatic nitrogens is 2. The molecule has 22 heavy (non-hydrogen) atoms. The van der Waals surface area contributed by atoms with E-state index < -0.39 is 0 Å². The molecule has 3 rings (SSSR count). The number of hydrogen-bond acceptors (Lipinski definition) is 2. The van der Waals surface area contributed by atoms with Crippen LogP contribution in [0.15, 0.2) is 36.4 Å². The van der Waals surface area contributed by atoms with E-state index in [0.29, 0.717) is 12.5 Å². The lowest BCUT2D eigenvalue weighted by Gasteiger charge is -2.14. The second kappa shape index (κ2) is 6.34. The van der Waals surface area contributed by atoms with Crippen molar-refractivity contribution in [2.24, 2.45) is 7.05 Å². The first-order valence-electron chi connectivity index (χ1n) is 8.04. The van der Waals surface area contributed by atoms with E-state index in [1.807, 2.05) is 49.0 Å². The Kier molecular flexibility index (Phi) is 4.27. The second-order valence-electron chi connectivity index (χ2n) is 6.05. The van der Waals surface area contributed by atoms with Gasteiger partial charge in [-0.15, -0.1) is 0 Å². The summed E-state index contributed by atoms with van der Waals surface area (Å²) in [5.74, 6) is 0.662. The van der Waals surface area contributed by atoms with Crippen molar-refractivity contribution in [3.8, 4) is 0 Å². The molecule has 1 saturated carbocycles. The van der Waals surface area contributed by atoms with Gasteiger partial charge in [-0.2, -0.15) is 5.10 Å². The van der Waals surface area contributed by atoms with Crippen LogP contribution in [0.3, 0.4) is 0 Å². The molecule has 4 heteroatoms. The fourth-order valence-corrected chi connectivity index (χ4v) is 2.95. The van der Waals surface area contributed by atoms with E-state index in [-0.39, 0.29) is 11.8 Å². The summed E-state index contributed by atoms with van der Waals surface area (Å²) in [6.45, 7) is 2.55. The number of benzene rings is 1. The lowest BCUT2D eigenvalue weighted by atomic mass is 9.96. The summed E-state index contributed by atoms with van der Waals surface area (Å²) in [5, 5.41) is 7.54. The maximum absolute atomic E-state index is 12.4. The molecule has 1 heterocycles. The van der Waals surface area contributed by atoms with Gasteiger partial charge in [-0.05, 0) is 30.9 Å². The van der Waals surface area contributed by atoms with Crippen molar-refractivity contribution in [3.05, 3.63) is 53.3 Å². The van der Waals surface area contributed by atoms with Crippen molar-refractivity contribution in [2.45, 2.75) is 44.6 Å². The first-order valence-corrected chi connectivity index (χ1v) is 8.04. The number of amides is 1. The smallest absolute Gasteiger partial charge is 0.227 e. The Morgan fingerprint density at radius 1 is 1.36 bits per heavy atom. The summed E-state index contributed by atoms with van der Waals surface area (Å²) in [6.07, 6.45) is 3.32. The fourth-order valence-electron chi connectivity index (χ4n) is 2.95. The summed E-state index contributed by atoms with van der Waals surface area (Å²) in [4.78, 5) is 12.4. The van der Waals surface area contributed by atoms with Gasteiger partial charge in [0.15, 0.2) is 0 Å². The topological polar surface area (TPSA) is 46.9 Å². The largest absolute Gasteiger partial charge is 0.350 e. The molecule has 1 amide bonds. The number of nitrogens with zero attached hydrogens (tertiary/aromatic N) is 2. The molecule has 1 aliphatic carbocycles. The molecular weight excluding hydrogens is 274 g/mol. The van der Waals surface area contributed by atoms with E-state index >= 15 is 0 Å². The average Bonchev–Trinajstić information content (AvgIpc) is 3.30. The van der Waals surface area contributed by atoms with Crippen molar-refractivity contribution in [2.75, 3.05) is 0 Å². The number of rotatable bonds is 6. The zero-order valence-corrected chi connectivity index (χ0v) is 13.2. The molecule has 1 aliphatic rings. The molecule has 0 radical (unpaired) electrons. The van der Waals surface area contributed by atoms with E-state index in [1.54, 1.807) is 0 Å². The molecule has 1 N–H and O–H groups in total. The highest BCUT2D eigenvalue weighted by molar-refractivity contribution is 5.83. The quantitative estimate of drug-likeness (QED) is 0.890. The Hall–Kier alpha value is -2.10. The lowest BCUT2D eigenvalue weighted by Crippen LogP contribution is -2.28. The zero-order chi connectivity index (χ0) is 15.5. The first kappa shape index (κ1) is 14.8. The molecule has 1 atom stereocenters. The van der Waals surface area contributed by atoms with E-state index in [4.69, 9.17) is 0 Å². The number of aryl methyl sites for hydroxylation is 1. The third kappa shape index (κ3) is 3.21. The maximum atomic E-state index is 12.4. The van der Waals surface area contributed by atoms with Crippen LogP contribution >= 0.6 is 0 Å². The van der Waals surface area contributed by atoms with Crippen LogP contribution in [0, 0.1) is 0 Å². The van der Waals surface area contributed by atoms with Crippen molar-refractivity contribution in [3.63, 3.8) is 0 Å². The molecule has 4 nitrogen and oxygen atoms in total. The molecule has 1 fully saturated rings. The van der Waals surface area contributed by atoms with Crippen LogP contribution in [0.1, 0.15) is 55.0 Å². The van der Waals surface area contributed by atoms with Crippen LogP contribution in [0.5, 0.6) is 0 Å². The van der Waals surface area contributed by atoms with Gasteiger partial charge in [0.2, 0.25) is 5.91 Å². The Morgan fingerprint density at radius 3 is 2.73 bits per heavy atom. The highest BCUT2D eigenvalue weighted by Gasteiger charge is 2.27. The van der Waals surface area contributed by atoms with Crippen molar-refractivity contribution < 1.29 is 4.79 Å². The van der Waals surface area contributed by atoms with Crippen molar-refractivity contribution >= 4 is 5.91 Å². The molecule has 0 unspecified atom stereocenters. The number of carbonyl (C=O) groups excluding carboxylic acids is 1. The first-order chi connectivity index (χ1) is 10.7. The minimum absolute atomic E-state index is 0.0762. The van der Waals surface area contributed by atoms with Crippen LogP contribution in [0.25, 0.3) is 0 Å². The van der Waals surface area contributed by atoms with Gasteiger partial charge >= 0.3 is 0 Å². The predicted molar refractivity (Wildman–Crippen MR) is 86.5 cm³/mol. The SMILES string of the molecule is CC[C@H](C(=O)NCc1cc(C2CC2)n(C)n1)c1ccccc1. The third-order valence-electron chi connectivity index (χ3n) is 4.33. The molecule has 0 saturated heterocycles. The highest BCUT2D eigenvalue weighted by Crippen LogP contribution is 2.39. The van der Waals surface area contributed by atoms with E-state index in [1.165, 1.54) is 18.5 Å². The monoisotopic (exact) mass is 297 g/mol. The van der Waals surface area contributed by atoms with Gasteiger partial charge in [0.05, 0.1) is 18.2 Å². The Bertz CT molecular complexity index is 644. The number of carbonyl (C=O) groups is 1. The lowest BCUT2D eigenvalue weighted by molar-refractivity contribution is -0.122. The van der Waals surface area contributed by atoms with Gasteiger partial charge < -0.3 is 5.32 Å². The van der Waals surface area contributed by atoms with E-state index in [9.17, 15) is 4.79 Å². The zero-order valence-electron chi connectivity index (χ0n) is 13.2. The molecule has 1 aromatic heterocycles. The van der Waals surface area contributed by atoms with Crippen molar-refractivity contribution in [1.29, 1.82) is 0 Å². The minimum atomic E-state index is -0.0900. The average molecular weight is 297 g/mol. The minimum Gasteiger partial charge on any atom is -0.350 e. The predicted octanol–water partition coefficient (Wildman–Crippen LogP) is 3.11. The van der Waals surface area contributed by atoms with Crippen LogP contribution in [0.4, 0.5) is 0 Å². The normalized spacial score (nSPS) is 15.5. The highest BCUT2D eigenvalue weighted by atomic mass is 16.1. The van der Waals surface area contributed by atoms with Gasteiger partial charge in [0.1, 0.15) is 0 Å². The molecule has 0 bridgehead atoms. The van der Waals surface area contributed by atoms with Crippen LogP contribution < -0.4 is 5.32 Å². The second-order valence-corrected chi connectivity index (χ2v) is 6.05. The number of nitrogens with one attached hydrogen (secondary N) is 1. The van der Waals surface area contributed by atoms with Gasteiger partial charge in [-0.3, -0.25) is 9.48 Å². The summed E-state index contributed by atoms with van der Waals surface area (Å²) in [6, 6.07) is 12.1. The van der Waals surface area contributed by atoms with Crippen LogP contribution in [0.2, 0.25) is 0 Å². The maximum Gasteiger partial charge on any atom is 0.227 e.